The van der Waals surface area contributed by atoms with Crippen LogP contribution in [0.2, 0.25) is 0 Å². The Hall–Kier alpha value is 1.58. The van der Waals surface area contributed by atoms with Gasteiger partial charge < -0.3 is 0 Å². The van der Waals surface area contributed by atoms with E-state index in [4.69, 9.17) is 3.07 Å². The van der Waals surface area contributed by atoms with Crippen LogP contribution in [0.15, 0.2) is 0 Å². The van der Waals surface area contributed by atoms with Gasteiger partial charge in [-0.2, -0.15) is 0 Å². The first kappa shape index (κ1) is 10.7. The van der Waals surface area contributed by atoms with Gasteiger partial charge in [-0.25, -0.2) is 0 Å². The van der Waals surface area contributed by atoms with E-state index < -0.39 is 16.5 Å². The molecule has 1 saturated heterocycles. The van der Waals surface area contributed by atoms with Gasteiger partial charge in [-0.15, -0.1) is 0 Å². The predicted octanol–water partition coefficient (Wildman–Crippen LogP) is -1.46. The minimum absolute atomic E-state index is 0.156. The van der Waals surface area contributed by atoms with E-state index in [-0.39, 0.29) is 5.97 Å². The molecule has 1 aliphatic heterocycles. The molecule has 1 fully saturated rings. The molecule has 0 saturated carbocycles. The van der Waals surface area contributed by atoms with Gasteiger partial charge in [-0.1, -0.05) is 0 Å². The Labute approximate surface area is 93.8 Å². The van der Waals surface area contributed by atoms with Crippen LogP contribution in [0, 0.1) is 0 Å². The van der Waals surface area contributed by atoms with E-state index in [0.717, 1.165) is 13.0 Å². The van der Waals surface area contributed by atoms with Crippen molar-refractivity contribution in [1.29, 1.82) is 0 Å². The zero-order chi connectivity index (χ0) is 8.10. The molecule has 0 bridgehead atoms. The van der Waals surface area contributed by atoms with Crippen LogP contribution in [0.4, 0.5) is 0 Å². The Balaban J connectivity index is 1.82. The van der Waals surface area contributed by atoms with Crippen LogP contribution >= 0.6 is 39.5 Å². The zero-order valence-electron chi connectivity index (χ0n) is 5.48. The maximum absolute atomic E-state index is 10.6. The second-order valence-corrected chi connectivity index (χ2v) is 15.2. The standard InChI is InChI=1S/C4H7I3NO3/c5-11-4(9)2-1-3-10-7-6-8-7/h8H,1-3H2/q-1. The van der Waals surface area contributed by atoms with E-state index in [1.807, 2.05) is 0 Å². The van der Waals surface area contributed by atoms with Gasteiger partial charge in [-0.05, 0) is 0 Å². The molecular weight excluding hydrogens is 491 g/mol. The number of carbonyl (C=O) groups excluding carboxylic acids is 1. The van der Waals surface area contributed by atoms with E-state index in [1.54, 1.807) is 23.0 Å². The average molecular weight is 498 g/mol. The third-order valence-corrected chi connectivity index (χ3v) is 9.68. The molecule has 0 aromatic heterocycles. The van der Waals surface area contributed by atoms with Crippen molar-refractivity contribution >= 4 is 45.5 Å². The first-order chi connectivity index (χ1) is 5.33. The van der Waals surface area contributed by atoms with E-state index in [1.165, 1.54) is 0 Å². The number of nitrogens with one attached hydrogen (secondary N) is 1. The van der Waals surface area contributed by atoms with Crippen LogP contribution in [0.25, 0.3) is 0 Å². The molecule has 1 aliphatic rings. The SMILES string of the molecule is O=C(CCCOI1N[I-]1)OI. The minimum atomic E-state index is -0.932. The summed E-state index contributed by atoms with van der Waals surface area (Å²) in [5.41, 5.74) is 0. The first-order valence-corrected chi connectivity index (χ1v) is 13.1. The van der Waals surface area contributed by atoms with Crippen molar-refractivity contribution in [2.24, 2.45) is 0 Å². The van der Waals surface area contributed by atoms with Crippen molar-refractivity contribution in [2.75, 3.05) is 6.61 Å². The molecule has 0 amide bonds. The van der Waals surface area contributed by atoms with Crippen molar-refractivity contribution in [1.82, 2.24) is 1.74 Å². The van der Waals surface area contributed by atoms with Gasteiger partial charge in [0.2, 0.25) is 0 Å². The van der Waals surface area contributed by atoms with Gasteiger partial charge >= 0.3 is 95.1 Å². The Morgan fingerprint density at radius 2 is 2.45 bits per heavy atom. The summed E-state index contributed by atoms with van der Waals surface area (Å²) in [6.07, 6.45) is 1.27. The molecule has 1 N–H and O–H groups in total. The molecule has 1 heterocycles. The van der Waals surface area contributed by atoms with Crippen molar-refractivity contribution in [3.8, 4) is 0 Å². The Kier molecular flexibility index (Phi) is 5.91. The summed E-state index contributed by atoms with van der Waals surface area (Å²) in [5, 5.41) is 0. The predicted molar refractivity (Wildman–Crippen MR) is 52.5 cm³/mol. The Bertz CT molecular complexity index is 141. The molecule has 0 aromatic rings. The van der Waals surface area contributed by atoms with Crippen molar-refractivity contribution in [2.45, 2.75) is 12.8 Å². The molecule has 0 radical (unpaired) electrons. The topological polar surface area (TPSA) is 57.5 Å². The molecule has 4 nitrogen and oxygen atoms in total. The quantitative estimate of drug-likeness (QED) is 0.218. The van der Waals surface area contributed by atoms with Crippen LogP contribution in [0.3, 0.4) is 0 Å². The Morgan fingerprint density at radius 3 is 3.00 bits per heavy atom. The molecular formula is C4H7I3NO3-. The number of hydrogen-bond acceptors (Lipinski definition) is 4. The van der Waals surface area contributed by atoms with Gasteiger partial charge in [0.1, 0.15) is 0 Å². The average Bonchev–Trinajstić information content (AvgIpc) is 2.81. The summed E-state index contributed by atoms with van der Waals surface area (Å²) >= 11 is 0.975. The first-order valence-electron chi connectivity index (χ1n) is 2.88. The molecule has 0 aliphatic carbocycles. The summed E-state index contributed by atoms with van der Waals surface area (Å²) in [5.74, 6) is -0.156. The molecule has 11 heavy (non-hydrogen) atoms. The second-order valence-electron chi connectivity index (χ2n) is 1.72. The number of hydrogen-bond donors (Lipinski definition) is 1. The van der Waals surface area contributed by atoms with Crippen molar-refractivity contribution in [3.63, 3.8) is 0 Å². The summed E-state index contributed by atoms with van der Waals surface area (Å²) in [4.78, 5) is 10.6. The third kappa shape index (κ3) is 5.76. The number of halogens is 3. The van der Waals surface area contributed by atoms with Gasteiger partial charge in [-0.3, -0.25) is 0 Å². The summed E-state index contributed by atoms with van der Waals surface area (Å²) in [6.45, 7) is 0.726. The summed E-state index contributed by atoms with van der Waals surface area (Å²) < 4.78 is 13.1. The third-order valence-electron chi connectivity index (χ3n) is 0.914. The second kappa shape index (κ2) is 6.10. The van der Waals surface area contributed by atoms with Crippen molar-refractivity contribution < 1.29 is 28.4 Å². The molecule has 0 unspecified atom stereocenters. The van der Waals surface area contributed by atoms with Crippen LogP contribution < -0.4 is 19.2 Å². The summed E-state index contributed by atoms with van der Waals surface area (Å²) in [6, 6.07) is 0. The van der Waals surface area contributed by atoms with Crippen molar-refractivity contribution in [3.05, 3.63) is 0 Å². The number of rotatable bonds is 5. The van der Waals surface area contributed by atoms with E-state index in [9.17, 15) is 4.79 Å². The molecule has 0 spiro atoms. The van der Waals surface area contributed by atoms with Crippen LogP contribution in [-0.2, 0) is 10.9 Å². The summed E-state index contributed by atoms with van der Waals surface area (Å²) in [7, 11) is 0. The fourth-order valence-corrected chi connectivity index (χ4v) is 7.60. The van der Waals surface area contributed by atoms with E-state index >= 15 is 0 Å². The number of carbonyl (C=O) groups is 1. The normalized spacial score (nSPS) is 18.8. The fraction of sp³-hybridized carbons (Fsp3) is 0.750. The molecule has 7 heteroatoms. The molecule has 68 valence electrons. The monoisotopic (exact) mass is 498 g/mol. The molecule has 0 aromatic carbocycles. The molecule has 0 atom stereocenters. The van der Waals surface area contributed by atoms with E-state index in [2.05, 4.69) is 4.81 Å². The van der Waals surface area contributed by atoms with Gasteiger partial charge in [0, 0.05) is 0 Å². The van der Waals surface area contributed by atoms with Crippen LogP contribution in [-0.4, -0.2) is 12.6 Å². The van der Waals surface area contributed by atoms with Gasteiger partial charge in [0.05, 0.1) is 0 Å². The fourth-order valence-electron chi connectivity index (χ4n) is 0.430. The van der Waals surface area contributed by atoms with Crippen LogP contribution in [0.1, 0.15) is 12.8 Å². The molecule has 1 rings (SSSR count). The van der Waals surface area contributed by atoms with Crippen LogP contribution in [0.5, 0.6) is 0 Å². The zero-order valence-corrected chi connectivity index (χ0v) is 12.0. The van der Waals surface area contributed by atoms with Gasteiger partial charge in [0.15, 0.2) is 0 Å². The maximum atomic E-state index is 10.6. The van der Waals surface area contributed by atoms with Gasteiger partial charge in [0.25, 0.3) is 0 Å². The Morgan fingerprint density at radius 1 is 1.73 bits per heavy atom. The van der Waals surface area contributed by atoms with E-state index in [0.29, 0.717) is 23.9 Å².